The average molecular weight is 293 g/mol. The van der Waals surface area contributed by atoms with Gasteiger partial charge >= 0.3 is 0 Å². The van der Waals surface area contributed by atoms with E-state index in [0.717, 1.165) is 28.7 Å². The maximum atomic E-state index is 4.39. The number of aromatic nitrogens is 4. The van der Waals surface area contributed by atoms with Crippen molar-refractivity contribution in [3.63, 3.8) is 0 Å². The van der Waals surface area contributed by atoms with Crippen LogP contribution in [0.15, 0.2) is 12.4 Å². The second kappa shape index (κ2) is 5.91. The molecule has 0 saturated carbocycles. The molecule has 2 aromatic heterocycles. The van der Waals surface area contributed by atoms with Crippen LogP contribution in [0.3, 0.4) is 0 Å². The van der Waals surface area contributed by atoms with Crippen molar-refractivity contribution in [2.75, 3.05) is 5.32 Å². The van der Waals surface area contributed by atoms with E-state index in [9.17, 15) is 0 Å². The van der Waals surface area contributed by atoms with Crippen LogP contribution in [0.25, 0.3) is 0 Å². The molecule has 0 spiro atoms. The molecule has 0 radical (unpaired) electrons. The Labute approximate surface area is 124 Å². The fourth-order valence-corrected chi connectivity index (χ4v) is 2.70. The molecular formula is C14H23N5S. The molecule has 0 amide bonds. The Kier molecular flexibility index (Phi) is 4.42. The van der Waals surface area contributed by atoms with E-state index in [-0.39, 0.29) is 5.54 Å². The number of nitrogens with one attached hydrogen (secondary N) is 1. The van der Waals surface area contributed by atoms with Crippen molar-refractivity contribution in [1.82, 2.24) is 20.0 Å². The summed E-state index contributed by atoms with van der Waals surface area (Å²) >= 11 is 1.63. The maximum absolute atomic E-state index is 4.39. The highest BCUT2D eigenvalue weighted by Gasteiger charge is 2.14. The minimum Gasteiger partial charge on any atom is -0.356 e. The third kappa shape index (κ3) is 4.03. The lowest BCUT2D eigenvalue weighted by molar-refractivity contribution is 0.355. The lowest BCUT2D eigenvalue weighted by atomic mass is 10.1. The number of hydrogen-bond acceptors (Lipinski definition) is 5. The zero-order chi connectivity index (χ0) is 14.8. The molecule has 2 heterocycles. The largest absolute Gasteiger partial charge is 0.356 e. The van der Waals surface area contributed by atoms with Gasteiger partial charge in [0.05, 0.1) is 11.7 Å². The van der Waals surface area contributed by atoms with Crippen LogP contribution in [0.5, 0.6) is 0 Å². The van der Waals surface area contributed by atoms with E-state index in [4.69, 9.17) is 0 Å². The molecule has 0 saturated heterocycles. The molecular weight excluding hydrogens is 270 g/mol. The van der Waals surface area contributed by atoms with E-state index in [0.29, 0.717) is 5.92 Å². The van der Waals surface area contributed by atoms with Gasteiger partial charge in [-0.05, 0) is 26.7 Å². The van der Waals surface area contributed by atoms with Crippen LogP contribution in [0.4, 0.5) is 5.13 Å². The van der Waals surface area contributed by atoms with Crippen molar-refractivity contribution in [2.45, 2.75) is 53.1 Å². The fraction of sp³-hybridized carbons (Fsp3) is 0.643. The summed E-state index contributed by atoms with van der Waals surface area (Å²) in [5, 5.41) is 18.0. The summed E-state index contributed by atoms with van der Waals surface area (Å²) in [5.41, 5.74) is 1.17. The van der Waals surface area contributed by atoms with Gasteiger partial charge in [-0.3, -0.25) is 4.68 Å². The molecule has 0 aliphatic carbocycles. The normalized spacial score (nSPS) is 12.1. The van der Waals surface area contributed by atoms with Gasteiger partial charge in [-0.2, -0.15) is 5.10 Å². The Morgan fingerprint density at radius 2 is 2.05 bits per heavy atom. The molecule has 0 bridgehead atoms. The Morgan fingerprint density at radius 1 is 1.30 bits per heavy atom. The van der Waals surface area contributed by atoms with E-state index in [2.05, 4.69) is 61.4 Å². The molecule has 5 nitrogen and oxygen atoms in total. The highest BCUT2D eigenvalue weighted by molar-refractivity contribution is 7.15. The Balaban J connectivity index is 1.92. The van der Waals surface area contributed by atoms with Crippen molar-refractivity contribution in [3.05, 3.63) is 23.0 Å². The zero-order valence-electron chi connectivity index (χ0n) is 12.8. The topological polar surface area (TPSA) is 55.6 Å². The lowest BCUT2D eigenvalue weighted by Crippen LogP contribution is -2.21. The fourth-order valence-electron chi connectivity index (χ4n) is 1.75. The van der Waals surface area contributed by atoms with E-state index in [1.54, 1.807) is 11.3 Å². The van der Waals surface area contributed by atoms with Gasteiger partial charge in [-0.15, -0.1) is 10.2 Å². The highest BCUT2D eigenvalue weighted by atomic mass is 32.1. The summed E-state index contributed by atoms with van der Waals surface area (Å²) in [6, 6.07) is 0. The molecule has 0 fully saturated rings. The molecule has 0 aromatic carbocycles. The molecule has 110 valence electrons. The first-order valence-electron chi connectivity index (χ1n) is 6.95. The maximum Gasteiger partial charge on any atom is 0.205 e. The molecule has 0 atom stereocenters. The number of anilines is 1. The van der Waals surface area contributed by atoms with Crippen LogP contribution in [0.1, 0.15) is 45.2 Å². The zero-order valence-corrected chi connectivity index (χ0v) is 13.7. The van der Waals surface area contributed by atoms with Crippen LogP contribution in [-0.2, 0) is 18.5 Å². The predicted molar refractivity (Wildman–Crippen MR) is 83.0 cm³/mol. The van der Waals surface area contributed by atoms with Crippen LogP contribution in [0, 0.1) is 5.92 Å². The van der Waals surface area contributed by atoms with Gasteiger partial charge in [-0.1, -0.05) is 25.2 Å². The van der Waals surface area contributed by atoms with Crippen LogP contribution < -0.4 is 5.32 Å². The van der Waals surface area contributed by atoms with Crippen molar-refractivity contribution in [3.8, 4) is 0 Å². The van der Waals surface area contributed by atoms with Gasteiger partial charge in [0, 0.05) is 24.7 Å². The van der Waals surface area contributed by atoms with E-state index >= 15 is 0 Å². The second-order valence-electron chi connectivity index (χ2n) is 6.42. The SMILES string of the molecule is CC(C)Cc1nnc(NCc2cnn(C(C)(C)C)c2)s1. The summed E-state index contributed by atoms with van der Waals surface area (Å²) < 4.78 is 1.98. The minimum atomic E-state index is 0.0193. The lowest BCUT2D eigenvalue weighted by Gasteiger charge is -2.18. The molecule has 0 aliphatic heterocycles. The summed E-state index contributed by atoms with van der Waals surface area (Å²) in [7, 11) is 0. The molecule has 2 rings (SSSR count). The third-order valence-electron chi connectivity index (χ3n) is 2.82. The summed E-state index contributed by atoms with van der Waals surface area (Å²) in [5.74, 6) is 0.612. The first kappa shape index (κ1) is 15.0. The van der Waals surface area contributed by atoms with Crippen molar-refractivity contribution in [1.29, 1.82) is 0 Å². The van der Waals surface area contributed by atoms with Gasteiger partial charge in [0.1, 0.15) is 5.01 Å². The quantitative estimate of drug-likeness (QED) is 0.919. The highest BCUT2D eigenvalue weighted by Crippen LogP contribution is 2.19. The monoisotopic (exact) mass is 293 g/mol. The molecule has 6 heteroatoms. The van der Waals surface area contributed by atoms with E-state index < -0.39 is 0 Å². The smallest absolute Gasteiger partial charge is 0.205 e. The van der Waals surface area contributed by atoms with Gasteiger partial charge in [0.15, 0.2) is 0 Å². The molecule has 0 unspecified atom stereocenters. The second-order valence-corrected chi connectivity index (χ2v) is 7.48. The average Bonchev–Trinajstić information content (AvgIpc) is 2.93. The number of hydrogen-bond donors (Lipinski definition) is 1. The first-order chi connectivity index (χ1) is 9.34. The third-order valence-corrected chi connectivity index (χ3v) is 3.72. The van der Waals surface area contributed by atoms with Crippen molar-refractivity contribution < 1.29 is 0 Å². The standard InChI is InChI=1S/C14H23N5S/c1-10(2)6-12-17-18-13(20-12)15-7-11-8-16-19(9-11)14(3,4)5/h8-10H,6-7H2,1-5H3,(H,15,18). The Hall–Kier alpha value is -1.43. The molecule has 2 aromatic rings. The van der Waals surface area contributed by atoms with Gasteiger partial charge in [0.2, 0.25) is 5.13 Å². The number of nitrogens with zero attached hydrogens (tertiary/aromatic N) is 4. The molecule has 1 N–H and O–H groups in total. The van der Waals surface area contributed by atoms with Crippen LogP contribution in [-0.4, -0.2) is 20.0 Å². The van der Waals surface area contributed by atoms with Crippen molar-refractivity contribution >= 4 is 16.5 Å². The predicted octanol–water partition coefficient (Wildman–Crippen LogP) is 3.30. The molecule has 20 heavy (non-hydrogen) atoms. The number of rotatable bonds is 5. The summed E-state index contributed by atoms with van der Waals surface area (Å²) in [4.78, 5) is 0. The van der Waals surface area contributed by atoms with Gasteiger partial charge < -0.3 is 5.32 Å². The van der Waals surface area contributed by atoms with Crippen LogP contribution in [0.2, 0.25) is 0 Å². The van der Waals surface area contributed by atoms with Gasteiger partial charge in [0.25, 0.3) is 0 Å². The first-order valence-corrected chi connectivity index (χ1v) is 7.76. The summed E-state index contributed by atoms with van der Waals surface area (Å²) in [6.07, 6.45) is 4.96. The Bertz CT molecular complexity index is 550. The van der Waals surface area contributed by atoms with Crippen LogP contribution >= 0.6 is 11.3 Å². The van der Waals surface area contributed by atoms with Gasteiger partial charge in [-0.25, -0.2) is 0 Å². The molecule has 0 aliphatic rings. The van der Waals surface area contributed by atoms with Crippen molar-refractivity contribution in [2.24, 2.45) is 5.92 Å². The van der Waals surface area contributed by atoms with E-state index in [1.807, 2.05) is 10.9 Å². The Morgan fingerprint density at radius 3 is 2.65 bits per heavy atom. The summed E-state index contributed by atoms with van der Waals surface area (Å²) in [6.45, 7) is 11.5. The minimum absolute atomic E-state index is 0.0193. The van der Waals surface area contributed by atoms with E-state index in [1.165, 1.54) is 0 Å².